The third-order valence-electron chi connectivity index (χ3n) is 6.52. The van der Waals surface area contributed by atoms with Gasteiger partial charge in [-0.2, -0.15) is 5.10 Å². The summed E-state index contributed by atoms with van der Waals surface area (Å²) in [5.74, 6) is -2.59. The summed E-state index contributed by atoms with van der Waals surface area (Å²) in [6.45, 7) is 11.1. The maximum absolute atomic E-state index is 13.5. The van der Waals surface area contributed by atoms with Gasteiger partial charge in [-0.15, -0.1) is 0 Å². The number of nitrogens with zero attached hydrogens (tertiary/aromatic N) is 4. The number of amides is 1. The van der Waals surface area contributed by atoms with Crippen LogP contribution < -0.4 is 5.43 Å². The molecule has 0 radical (unpaired) electrons. The first-order valence-electron chi connectivity index (χ1n) is 12.5. The minimum atomic E-state index is -1.52. The molecule has 4 rings (SSSR count). The molecule has 37 heavy (non-hydrogen) atoms. The van der Waals surface area contributed by atoms with E-state index < -0.39 is 22.9 Å². The summed E-state index contributed by atoms with van der Waals surface area (Å²) in [5.41, 5.74) is 1.32. The molecule has 1 aromatic carbocycles. The summed E-state index contributed by atoms with van der Waals surface area (Å²) >= 11 is 0. The van der Waals surface area contributed by atoms with Crippen molar-refractivity contribution in [3.05, 3.63) is 62.2 Å². The SMILES string of the molecule is CCOC(=O)c1c(C(=O)O)c(=O)c2cc(C(=O)N3CCC3)c(Cn3nc(C)cc3C)cc2n1CC(C)C. The maximum atomic E-state index is 13.5. The average Bonchev–Trinajstić information content (AvgIpc) is 3.09. The normalized spacial score (nSPS) is 13.2. The highest BCUT2D eigenvalue weighted by molar-refractivity contribution is 6.06. The molecule has 1 aliphatic rings. The molecule has 0 saturated carbocycles. The Morgan fingerprint density at radius 3 is 2.35 bits per heavy atom. The van der Waals surface area contributed by atoms with E-state index in [1.165, 1.54) is 6.07 Å². The third kappa shape index (κ3) is 4.87. The van der Waals surface area contributed by atoms with Gasteiger partial charge in [-0.05, 0) is 56.9 Å². The van der Waals surface area contributed by atoms with E-state index in [4.69, 9.17) is 4.74 Å². The molecule has 196 valence electrons. The second-order valence-corrected chi connectivity index (χ2v) is 9.84. The van der Waals surface area contributed by atoms with Crippen molar-refractivity contribution < 1.29 is 24.2 Å². The summed E-state index contributed by atoms with van der Waals surface area (Å²) in [6, 6.07) is 5.14. The summed E-state index contributed by atoms with van der Waals surface area (Å²) in [6.07, 6.45) is 0.902. The monoisotopic (exact) mass is 508 g/mol. The highest BCUT2D eigenvalue weighted by Gasteiger charge is 2.31. The number of rotatable bonds is 8. The molecule has 0 spiro atoms. The van der Waals surface area contributed by atoms with E-state index in [1.807, 2.05) is 33.8 Å². The van der Waals surface area contributed by atoms with Gasteiger partial charge in [-0.1, -0.05) is 13.8 Å². The molecule has 10 heteroatoms. The smallest absolute Gasteiger partial charge is 0.356 e. The fourth-order valence-corrected chi connectivity index (χ4v) is 4.72. The molecule has 0 unspecified atom stereocenters. The van der Waals surface area contributed by atoms with Crippen LogP contribution in [0.15, 0.2) is 23.0 Å². The predicted octanol–water partition coefficient (Wildman–Crippen LogP) is 3.24. The Kier molecular flexibility index (Phi) is 7.20. The Bertz CT molecular complexity index is 1460. The van der Waals surface area contributed by atoms with Crippen molar-refractivity contribution in [2.24, 2.45) is 5.92 Å². The maximum Gasteiger partial charge on any atom is 0.356 e. The molecule has 3 aromatic rings. The van der Waals surface area contributed by atoms with Crippen molar-refractivity contribution in [2.75, 3.05) is 19.7 Å². The van der Waals surface area contributed by atoms with Crippen LogP contribution in [0.3, 0.4) is 0 Å². The predicted molar refractivity (Wildman–Crippen MR) is 137 cm³/mol. The van der Waals surface area contributed by atoms with Crippen molar-refractivity contribution >= 4 is 28.7 Å². The minimum Gasteiger partial charge on any atom is -0.477 e. The number of carbonyl (C=O) groups excluding carboxylic acids is 2. The first kappa shape index (κ1) is 26.1. The number of carboxylic acids is 1. The highest BCUT2D eigenvalue weighted by Crippen LogP contribution is 2.26. The number of carboxylic acid groups (broad SMARTS) is 1. The van der Waals surface area contributed by atoms with Gasteiger partial charge >= 0.3 is 11.9 Å². The van der Waals surface area contributed by atoms with Crippen molar-refractivity contribution in [2.45, 2.75) is 54.1 Å². The summed E-state index contributed by atoms with van der Waals surface area (Å²) in [7, 11) is 0. The van der Waals surface area contributed by atoms with Crippen LogP contribution in [0.1, 0.15) is 75.3 Å². The first-order chi connectivity index (χ1) is 17.5. The van der Waals surface area contributed by atoms with Crippen LogP contribution in [-0.4, -0.2) is 61.9 Å². The quantitative estimate of drug-likeness (QED) is 0.463. The first-order valence-corrected chi connectivity index (χ1v) is 12.5. The van der Waals surface area contributed by atoms with Crippen molar-refractivity contribution in [3.8, 4) is 0 Å². The largest absolute Gasteiger partial charge is 0.477 e. The van der Waals surface area contributed by atoms with E-state index in [9.17, 15) is 24.3 Å². The number of pyridine rings is 1. The molecule has 1 saturated heterocycles. The Balaban J connectivity index is 2.08. The Morgan fingerprint density at radius 2 is 1.84 bits per heavy atom. The highest BCUT2D eigenvalue weighted by atomic mass is 16.5. The molecule has 1 N–H and O–H groups in total. The topological polar surface area (TPSA) is 124 Å². The van der Waals surface area contributed by atoms with Gasteiger partial charge in [-0.25, -0.2) is 9.59 Å². The zero-order valence-corrected chi connectivity index (χ0v) is 21.8. The molecule has 2 aromatic heterocycles. The lowest BCUT2D eigenvalue weighted by Gasteiger charge is -2.32. The Labute approximate surface area is 214 Å². The van der Waals surface area contributed by atoms with Gasteiger partial charge in [0.2, 0.25) is 5.43 Å². The number of carbonyl (C=O) groups is 3. The fraction of sp³-hybridized carbons (Fsp3) is 0.444. The number of hydrogen-bond acceptors (Lipinski definition) is 6. The number of aryl methyl sites for hydroxylation is 2. The number of aromatic carboxylic acids is 1. The Morgan fingerprint density at radius 1 is 1.14 bits per heavy atom. The molecule has 1 fully saturated rings. The summed E-state index contributed by atoms with van der Waals surface area (Å²) in [4.78, 5) is 53.9. The van der Waals surface area contributed by atoms with Gasteiger partial charge in [-0.3, -0.25) is 14.3 Å². The number of esters is 1. The zero-order chi connectivity index (χ0) is 27.0. The van der Waals surface area contributed by atoms with Gasteiger partial charge < -0.3 is 19.3 Å². The Hall–Kier alpha value is -3.95. The summed E-state index contributed by atoms with van der Waals surface area (Å²) < 4.78 is 8.50. The second kappa shape index (κ2) is 10.2. The lowest BCUT2D eigenvalue weighted by molar-refractivity contribution is 0.0499. The molecule has 3 heterocycles. The van der Waals surface area contributed by atoms with Gasteiger partial charge in [0.05, 0.1) is 24.4 Å². The number of fused-ring (bicyclic) bond motifs is 1. The van der Waals surface area contributed by atoms with Gasteiger partial charge in [0.1, 0.15) is 11.3 Å². The molecular formula is C27H32N4O6. The van der Waals surface area contributed by atoms with E-state index in [1.54, 1.807) is 27.1 Å². The number of ether oxygens (including phenoxy) is 1. The molecule has 0 atom stereocenters. The molecular weight excluding hydrogens is 476 g/mol. The van der Waals surface area contributed by atoms with E-state index in [-0.39, 0.29) is 42.6 Å². The van der Waals surface area contributed by atoms with Crippen molar-refractivity contribution in [1.82, 2.24) is 19.2 Å². The van der Waals surface area contributed by atoms with Gasteiger partial charge in [0.25, 0.3) is 5.91 Å². The molecule has 0 aliphatic carbocycles. The van der Waals surface area contributed by atoms with E-state index in [0.29, 0.717) is 29.7 Å². The lowest BCUT2D eigenvalue weighted by atomic mass is 9.98. The number of aromatic nitrogens is 3. The van der Waals surface area contributed by atoms with Gasteiger partial charge in [0.15, 0.2) is 0 Å². The third-order valence-corrected chi connectivity index (χ3v) is 6.52. The van der Waals surface area contributed by atoms with Crippen LogP contribution >= 0.6 is 0 Å². The number of likely N-dealkylation sites (tertiary alicyclic amines) is 1. The van der Waals surface area contributed by atoms with Crippen LogP contribution in [0, 0.1) is 19.8 Å². The van der Waals surface area contributed by atoms with E-state index in [2.05, 4.69) is 5.10 Å². The lowest BCUT2D eigenvalue weighted by Crippen LogP contribution is -2.42. The van der Waals surface area contributed by atoms with E-state index in [0.717, 1.165) is 17.8 Å². The second-order valence-electron chi connectivity index (χ2n) is 9.84. The standard InChI is InChI=1S/C27H32N4O6/c1-6-37-27(36)23-22(26(34)35)24(32)20-12-19(25(33)29-8-7-9-29)18(11-21(20)30(23)13-15(2)3)14-31-17(5)10-16(4)28-31/h10-12,15H,6-9,13-14H2,1-5H3,(H,34,35). The van der Waals surface area contributed by atoms with Crippen molar-refractivity contribution in [3.63, 3.8) is 0 Å². The van der Waals surface area contributed by atoms with Gasteiger partial charge in [0, 0.05) is 36.3 Å². The zero-order valence-electron chi connectivity index (χ0n) is 21.8. The molecule has 10 nitrogen and oxygen atoms in total. The number of hydrogen-bond donors (Lipinski definition) is 1. The van der Waals surface area contributed by atoms with Crippen LogP contribution in [0.2, 0.25) is 0 Å². The molecule has 1 aliphatic heterocycles. The fourth-order valence-electron chi connectivity index (χ4n) is 4.72. The molecule has 1 amide bonds. The average molecular weight is 509 g/mol. The van der Waals surface area contributed by atoms with Crippen molar-refractivity contribution in [1.29, 1.82) is 0 Å². The molecule has 0 bridgehead atoms. The minimum absolute atomic E-state index is 0.0161. The van der Waals surface area contributed by atoms with Crippen LogP contribution in [0.25, 0.3) is 10.9 Å². The van der Waals surface area contributed by atoms with Crippen LogP contribution in [-0.2, 0) is 17.8 Å². The van der Waals surface area contributed by atoms with Crippen LogP contribution in [0.5, 0.6) is 0 Å². The summed E-state index contributed by atoms with van der Waals surface area (Å²) in [5, 5.41) is 14.6. The van der Waals surface area contributed by atoms with Crippen LogP contribution in [0.4, 0.5) is 0 Å². The van der Waals surface area contributed by atoms with E-state index >= 15 is 0 Å². The number of benzene rings is 1.